The Bertz CT molecular complexity index is 101. The van der Waals surface area contributed by atoms with Crippen LogP contribution in [0.15, 0.2) is 0 Å². The van der Waals surface area contributed by atoms with Crippen molar-refractivity contribution in [3.8, 4) is 0 Å². The summed E-state index contributed by atoms with van der Waals surface area (Å²) in [5.41, 5.74) is 0. The van der Waals surface area contributed by atoms with Gasteiger partial charge in [-0.15, -0.1) is 0 Å². The number of hydrogen-bond donors (Lipinski definition) is 2. The zero-order chi connectivity index (χ0) is 9.40. The Morgan fingerprint density at radius 1 is 1.33 bits per heavy atom. The predicted molar refractivity (Wildman–Crippen MR) is 47.9 cm³/mol. The lowest BCUT2D eigenvalue weighted by atomic mass is 10.4. The highest BCUT2D eigenvalue weighted by molar-refractivity contribution is 9.10. The first-order valence-corrected chi connectivity index (χ1v) is 4.48. The minimum atomic E-state index is -0.639. The second-order valence-electron chi connectivity index (χ2n) is 2.34. The zero-order valence-corrected chi connectivity index (χ0v) is 8.53. The molecule has 0 aliphatic carbocycles. The summed E-state index contributed by atoms with van der Waals surface area (Å²) in [7, 11) is 1.50. The molecule has 0 saturated heterocycles. The Morgan fingerprint density at radius 3 is 2.50 bits per heavy atom. The van der Waals surface area contributed by atoms with Gasteiger partial charge < -0.3 is 19.7 Å². The van der Waals surface area contributed by atoms with Gasteiger partial charge >= 0.3 is 0 Å². The van der Waals surface area contributed by atoms with Gasteiger partial charge in [0.15, 0.2) is 21.3 Å². The van der Waals surface area contributed by atoms with E-state index in [1.54, 1.807) is 0 Å². The van der Waals surface area contributed by atoms with Crippen LogP contribution < -0.4 is 0 Å². The maximum atomic E-state index is 9.08. The van der Waals surface area contributed by atoms with Gasteiger partial charge in [-0.2, -0.15) is 0 Å². The molecular weight excluding hydrogens is 228 g/mol. The third kappa shape index (κ3) is 6.87. The molecular formula is C7H14BrO4+. The van der Waals surface area contributed by atoms with Crippen LogP contribution in [0.1, 0.15) is 0 Å². The molecule has 0 saturated carbocycles. The lowest BCUT2D eigenvalue weighted by molar-refractivity contribution is -0.0243. The van der Waals surface area contributed by atoms with Crippen LogP contribution >= 0.6 is 15.9 Å². The summed E-state index contributed by atoms with van der Waals surface area (Å²) < 4.78 is 9.64. The second kappa shape index (κ2) is 7.82. The van der Waals surface area contributed by atoms with Gasteiger partial charge in [0.05, 0.1) is 13.2 Å². The quantitative estimate of drug-likeness (QED) is 0.613. The zero-order valence-electron chi connectivity index (χ0n) is 6.94. The molecule has 12 heavy (non-hydrogen) atoms. The minimum absolute atomic E-state index is 0.172. The first kappa shape index (κ1) is 12.2. The first-order valence-electron chi connectivity index (χ1n) is 3.57. The summed E-state index contributed by atoms with van der Waals surface area (Å²) in [5, 5.41) is 19.5. The van der Waals surface area contributed by atoms with Gasteiger partial charge in [0, 0.05) is 7.11 Å². The smallest absolute Gasteiger partial charge is 0.230 e. The van der Waals surface area contributed by atoms with Crippen molar-refractivity contribution in [3.05, 3.63) is 5.33 Å². The van der Waals surface area contributed by atoms with E-state index in [9.17, 15) is 0 Å². The Hall–Kier alpha value is 0.190. The second-order valence-corrected chi connectivity index (χ2v) is 2.87. The van der Waals surface area contributed by atoms with Gasteiger partial charge in [-0.1, -0.05) is 0 Å². The van der Waals surface area contributed by atoms with Crippen LogP contribution in [-0.4, -0.2) is 49.4 Å². The largest absolute Gasteiger partial charge is 0.388 e. The van der Waals surface area contributed by atoms with E-state index in [2.05, 4.69) is 20.7 Å². The Balaban J connectivity index is 3.18. The molecule has 0 aromatic rings. The highest BCUT2D eigenvalue weighted by atomic mass is 79.9. The maximum Gasteiger partial charge on any atom is 0.230 e. The van der Waals surface area contributed by atoms with E-state index in [4.69, 9.17) is 14.9 Å². The average molecular weight is 242 g/mol. The fourth-order valence-electron chi connectivity index (χ4n) is 0.602. The molecule has 2 N–H and O–H groups in total. The molecule has 0 aliphatic heterocycles. The molecule has 5 heteroatoms. The van der Waals surface area contributed by atoms with Gasteiger partial charge in [-0.05, 0) is 0 Å². The summed E-state index contributed by atoms with van der Waals surface area (Å²) in [6.07, 6.45) is -1.27. The van der Waals surface area contributed by atoms with E-state index in [1.165, 1.54) is 12.4 Å². The molecule has 0 amide bonds. The molecule has 2 unspecified atom stereocenters. The van der Waals surface area contributed by atoms with Crippen LogP contribution in [0.5, 0.6) is 0 Å². The standard InChI is InChI=1S/C7H14BrO4/c1-11-3-7(10)5-12-4-6(9)2-8/h2,6-7,9-10H,3-5H2,1H3/q+1. The van der Waals surface area contributed by atoms with Gasteiger partial charge in [0.2, 0.25) is 6.10 Å². The fourth-order valence-corrected chi connectivity index (χ4v) is 0.754. The number of hydrogen-bond acceptors (Lipinski definition) is 4. The molecule has 0 aromatic carbocycles. The molecule has 0 fully saturated rings. The number of aliphatic hydroxyl groups excluding tert-OH is 2. The monoisotopic (exact) mass is 241 g/mol. The number of rotatable bonds is 7. The van der Waals surface area contributed by atoms with Gasteiger partial charge in [-0.25, -0.2) is 0 Å². The van der Waals surface area contributed by atoms with Crippen LogP contribution in [-0.2, 0) is 9.47 Å². The molecule has 4 nitrogen and oxygen atoms in total. The molecule has 72 valence electrons. The van der Waals surface area contributed by atoms with Crippen molar-refractivity contribution in [1.82, 2.24) is 0 Å². The molecule has 0 aliphatic rings. The van der Waals surface area contributed by atoms with Crippen LogP contribution in [0.3, 0.4) is 0 Å². The van der Waals surface area contributed by atoms with E-state index in [0.717, 1.165) is 0 Å². The van der Waals surface area contributed by atoms with Crippen LogP contribution in [0.25, 0.3) is 0 Å². The normalized spacial score (nSPS) is 15.7. The molecule has 0 rings (SSSR count). The van der Waals surface area contributed by atoms with Crippen LogP contribution in [0, 0.1) is 5.33 Å². The van der Waals surface area contributed by atoms with Crippen LogP contribution in [0.4, 0.5) is 0 Å². The summed E-state index contributed by atoms with van der Waals surface area (Å²) in [6, 6.07) is 0. The predicted octanol–water partition coefficient (Wildman–Crippen LogP) is -0.0721. The molecule has 0 radical (unpaired) electrons. The van der Waals surface area contributed by atoms with Crippen molar-refractivity contribution in [2.45, 2.75) is 12.2 Å². The first-order chi connectivity index (χ1) is 5.70. The van der Waals surface area contributed by atoms with Gasteiger partial charge in [0.25, 0.3) is 0 Å². The third-order valence-electron chi connectivity index (χ3n) is 1.10. The summed E-state index contributed by atoms with van der Waals surface area (Å²) >= 11 is 2.97. The topological polar surface area (TPSA) is 58.9 Å². The fraction of sp³-hybridized carbons (Fsp3) is 0.857. The lowest BCUT2D eigenvalue weighted by Crippen LogP contribution is -2.24. The lowest BCUT2D eigenvalue weighted by Gasteiger charge is -2.09. The summed E-state index contributed by atoms with van der Waals surface area (Å²) in [6.45, 7) is 0.589. The number of halogens is 1. The Morgan fingerprint density at radius 2 is 2.00 bits per heavy atom. The third-order valence-corrected chi connectivity index (χ3v) is 1.71. The van der Waals surface area contributed by atoms with Gasteiger partial charge in [-0.3, -0.25) is 0 Å². The molecule has 0 bridgehead atoms. The summed E-state index contributed by atoms with van der Waals surface area (Å²) in [4.78, 5) is 0. The molecule has 2 atom stereocenters. The van der Waals surface area contributed by atoms with E-state index >= 15 is 0 Å². The minimum Gasteiger partial charge on any atom is -0.388 e. The highest BCUT2D eigenvalue weighted by Crippen LogP contribution is 1.98. The van der Waals surface area contributed by atoms with Crippen LogP contribution in [0.2, 0.25) is 0 Å². The van der Waals surface area contributed by atoms with Crippen molar-refractivity contribution in [1.29, 1.82) is 0 Å². The van der Waals surface area contributed by atoms with E-state index in [-0.39, 0.29) is 19.8 Å². The van der Waals surface area contributed by atoms with Crippen molar-refractivity contribution in [3.63, 3.8) is 0 Å². The van der Waals surface area contributed by atoms with Gasteiger partial charge in [0.1, 0.15) is 12.7 Å². The van der Waals surface area contributed by atoms with Crippen molar-refractivity contribution in [2.24, 2.45) is 0 Å². The maximum absolute atomic E-state index is 9.08. The molecule has 0 heterocycles. The van der Waals surface area contributed by atoms with Crippen molar-refractivity contribution in [2.75, 3.05) is 26.9 Å². The van der Waals surface area contributed by atoms with Crippen molar-refractivity contribution >= 4 is 15.9 Å². The number of ether oxygens (including phenoxy) is 2. The van der Waals surface area contributed by atoms with E-state index in [0.29, 0.717) is 0 Å². The Labute approximate surface area is 80.6 Å². The summed E-state index contributed by atoms with van der Waals surface area (Å²) in [5.74, 6) is 0. The van der Waals surface area contributed by atoms with E-state index < -0.39 is 12.2 Å². The Kier molecular flexibility index (Phi) is 7.94. The number of methoxy groups -OCH3 is 1. The highest BCUT2D eigenvalue weighted by Gasteiger charge is 2.12. The average Bonchev–Trinajstić information content (AvgIpc) is 2.04. The van der Waals surface area contributed by atoms with E-state index in [1.807, 2.05) is 0 Å². The number of aliphatic hydroxyl groups is 2. The van der Waals surface area contributed by atoms with Crippen molar-refractivity contribution < 1.29 is 19.7 Å². The molecule has 0 aromatic heterocycles. The molecule has 0 spiro atoms. The SMILES string of the molecule is COCC(O)COCC(O)[CH+]Br.